The second-order valence-corrected chi connectivity index (χ2v) is 3.45. The van der Waals surface area contributed by atoms with Crippen LogP contribution in [0.2, 0.25) is 0 Å². The zero-order chi connectivity index (χ0) is 11.3. The number of hydrogen-bond acceptors (Lipinski definition) is 4. The van der Waals surface area contributed by atoms with Crippen LogP contribution >= 0.6 is 0 Å². The zero-order valence-electron chi connectivity index (χ0n) is 9.44. The van der Waals surface area contributed by atoms with Gasteiger partial charge >= 0.3 is 0 Å². The minimum Gasteiger partial charge on any atom is -0.355 e. The summed E-state index contributed by atoms with van der Waals surface area (Å²) in [5.74, 6) is 0.822. The van der Waals surface area contributed by atoms with Crippen LogP contribution in [-0.4, -0.2) is 23.1 Å². The fourth-order valence-electron chi connectivity index (χ4n) is 1.58. The van der Waals surface area contributed by atoms with E-state index in [4.69, 9.17) is 5.26 Å². The van der Waals surface area contributed by atoms with Crippen molar-refractivity contribution in [3.05, 3.63) is 18.1 Å². The molecule has 0 aromatic carbocycles. The van der Waals surface area contributed by atoms with E-state index in [-0.39, 0.29) is 0 Å². The number of aromatic nitrogens is 2. The molecule has 80 valence electrons. The van der Waals surface area contributed by atoms with Gasteiger partial charge in [0.05, 0.1) is 12.4 Å². The van der Waals surface area contributed by atoms with Crippen molar-refractivity contribution >= 4 is 5.82 Å². The Balaban J connectivity index is 2.82. The van der Waals surface area contributed by atoms with Gasteiger partial charge in [0.15, 0.2) is 5.69 Å². The van der Waals surface area contributed by atoms with Gasteiger partial charge in [-0.05, 0) is 12.8 Å². The molecule has 1 aromatic rings. The van der Waals surface area contributed by atoms with E-state index in [0.717, 1.165) is 18.7 Å². The van der Waals surface area contributed by atoms with Gasteiger partial charge < -0.3 is 4.90 Å². The molecule has 1 rings (SSSR count). The lowest BCUT2D eigenvalue weighted by Gasteiger charge is -2.26. The zero-order valence-corrected chi connectivity index (χ0v) is 9.44. The summed E-state index contributed by atoms with van der Waals surface area (Å²) >= 11 is 0. The highest BCUT2D eigenvalue weighted by Crippen LogP contribution is 2.14. The van der Waals surface area contributed by atoms with Crippen molar-refractivity contribution in [2.75, 3.05) is 11.9 Å². The van der Waals surface area contributed by atoms with E-state index in [1.54, 1.807) is 6.20 Å². The normalized spacial score (nSPS) is 10.1. The Bertz CT molecular complexity index is 335. The number of nitriles is 1. The SMILES string of the molecule is CCC(CC)N(C)c1cnc(C#N)cn1. The van der Waals surface area contributed by atoms with Crippen molar-refractivity contribution in [3.8, 4) is 6.07 Å². The second kappa shape index (κ2) is 5.30. The largest absolute Gasteiger partial charge is 0.355 e. The number of hydrogen-bond donors (Lipinski definition) is 0. The first kappa shape index (κ1) is 11.4. The average Bonchev–Trinajstić information content (AvgIpc) is 2.30. The molecular formula is C11H16N4. The van der Waals surface area contributed by atoms with Crippen LogP contribution in [0.1, 0.15) is 32.4 Å². The fourth-order valence-corrected chi connectivity index (χ4v) is 1.58. The van der Waals surface area contributed by atoms with Crippen molar-refractivity contribution in [1.82, 2.24) is 9.97 Å². The molecule has 1 aromatic heterocycles. The van der Waals surface area contributed by atoms with Crippen molar-refractivity contribution < 1.29 is 0 Å². The molecule has 0 radical (unpaired) electrons. The van der Waals surface area contributed by atoms with Crippen LogP contribution in [0.5, 0.6) is 0 Å². The molecule has 0 aliphatic heterocycles. The standard InChI is InChI=1S/C11H16N4/c1-4-10(5-2)15(3)11-8-13-9(6-12)7-14-11/h7-8,10H,4-5H2,1-3H3. The summed E-state index contributed by atoms with van der Waals surface area (Å²) in [6, 6.07) is 2.44. The van der Waals surface area contributed by atoms with E-state index in [1.165, 1.54) is 6.20 Å². The number of rotatable bonds is 4. The van der Waals surface area contributed by atoms with Gasteiger partial charge in [-0.1, -0.05) is 13.8 Å². The Labute approximate surface area is 90.6 Å². The fraction of sp³-hybridized carbons (Fsp3) is 0.545. The van der Waals surface area contributed by atoms with E-state index >= 15 is 0 Å². The lowest BCUT2D eigenvalue weighted by molar-refractivity contribution is 0.586. The first-order valence-corrected chi connectivity index (χ1v) is 5.17. The average molecular weight is 204 g/mol. The van der Waals surface area contributed by atoms with E-state index in [9.17, 15) is 0 Å². The lowest BCUT2D eigenvalue weighted by Crippen LogP contribution is -2.31. The van der Waals surface area contributed by atoms with Crippen LogP contribution in [0.4, 0.5) is 5.82 Å². The highest BCUT2D eigenvalue weighted by Gasteiger charge is 2.12. The minimum absolute atomic E-state index is 0.358. The summed E-state index contributed by atoms with van der Waals surface area (Å²) in [5.41, 5.74) is 0.358. The molecule has 0 N–H and O–H groups in total. The Morgan fingerprint density at radius 2 is 2.00 bits per heavy atom. The monoisotopic (exact) mass is 204 g/mol. The number of anilines is 1. The maximum Gasteiger partial charge on any atom is 0.158 e. The Hall–Kier alpha value is -1.63. The highest BCUT2D eigenvalue weighted by atomic mass is 15.2. The first-order chi connectivity index (χ1) is 7.22. The van der Waals surface area contributed by atoms with Crippen molar-refractivity contribution in [2.24, 2.45) is 0 Å². The summed E-state index contributed by atoms with van der Waals surface area (Å²) in [4.78, 5) is 10.3. The molecule has 0 saturated heterocycles. The molecule has 0 fully saturated rings. The van der Waals surface area contributed by atoms with Crippen molar-refractivity contribution in [2.45, 2.75) is 32.7 Å². The summed E-state index contributed by atoms with van der Waals surface area (Å²) in [7, 11) is 2.01. The minimum atomic E-state index is 0.358. The van der Waals surface area contributed by atoms with Crippen LogP contribution in [-0.2, 0) is 0 Å². The quantitative estimate of drug-likeness (QED) is 0.752. The number of nitrogens with zero attached hydrogens (tertiary/aromatic N) is 4. The van der Waals surface area contributed by atoms with Crippen molar-refractivity contribution in [3.63, 3.8) is 0 Å². The van der Waals surface area contributed by atoms with E-state index in [1.807, 2.05) is 13.1 Å². The van der Waals surface area contributed by atoms with Gasteiger partial charge in [-0.2, -0.15) is 5.26 Å². The predicted molar refractivity (Wildman–Crippen MR) is 59.5 cm³/mol. The smallest absolute Gasteiger partial charge is 0.158 e. The summed E-state index contributed by atoms with van der Waals surface area (Å²) in [5, 5.41) is 8.60. The Kier molecular flexibility index (Phi) is 4.04. The van der Waals surface area contributed by atoms with Gasteiger partial charge in [0.25, 0.3) is 0 Å². The van der Waals surface area contributed by atoms with Crippen LogP contribution in [0, 0.1) is 11.3 Å². The Morgan fingerprint density at radius 1 is 1.33 bits per heavy atom. The summed E-state index contributed by atoms with van der Waals surface area (Å²) < 4.78 is 0. The van der Waals surface area contributed by atoms with Gasteiger partial charge in [0.1, 0.15) is 11.9 Å². The third kappa shape index (κ3) is 2.66. The molecule has 0 aliphatic carbocycles. The molecule has 0 atom stereocenters. The van der Waals surface area contributed by atoms with E-state index in [2.05, 4.69) is 28.7 Å². The van der Waals surface area contributed by atoms with Crippen LogP contribution < -0.4 is 4.90 Å². The Morgan fingerprint density at radius 3 is 2.40 bits per heavy atom. The molecule has 0 bridgehead atoms. The molecule has 4 heteroatoms. The van der Waals surface area contributed by atoms with Gasteiger partial charge in [-0.15, -0.1) is 0 Å². The first-order valence-electron chi connectivity index (χ1n) is 5.17. The van der Waals surface area contributed by atoms with Crippen LogP contribution in [0.3, 0.4) is 0 Å². The van der Waals surface area contributed by atoms with E-state index < -0.39 is 0 Å². The van der Waals surface area contributed by atoms with Gasteiger partial charge in [0.2, 0.25) is 0 Å². The van der Waals surface area contributed by atoms with Gasteiger partial charge in [-0.25, -0.2) is 9.97 Å². The lowest BCUT2D eigenvalue weighted by atomic mass is 10.1. The highest BCUT2D eigenvalue weighted by molar-refractivity contribution is 5.37. The topological polar surface area (TPSA) is 52.8 Å². The van der Waals surface area contributed by atoms with Crippen LogP contribution in [0.25, 0.3) is 0 Å². The molecule has 0 saturated carbocycles. The van der Waals surface area contributed by atoms with Gasteiger partial charge in [-0.3, -0.25) is 0 Å². The predicted octanol–water partition coefficient (Wildman–Crippen LogP) is 1.97. The maximum atomic E-state index is 8.60. The third-order valence-electron chi connectivity index (χ3n) is 2.60. The third-order valence-corrected chi connectivity index (χ3v) is 2.60. The van der Waals surface area contributed by atoms with Gasteiger partial charge in [0, 0.05) is 13.1 Å². The maximum absolute atomic E-state index is 8.60. The summed E-state index contributed by atoms with van der Waals surface area (Å²) in [6.07, 6.45) is 5.31. The molecule has 0 spiro atoms. The molecule has 4 nitrogen and oxygen atoms in total. The molecule has 15 heavy (non-hydrogen) atoms. The molecular weight excluding hydrogens is 188 g/mol. The van der Waals surface area contributed by atoms with Crippen molar-refractivity contribution in [1.29, 1.82) is 5.26 Å². The van der Waals surface area contributed by atoms with E-state index in [0.29, 0.717) is 11.7 Å². The molecule has 1 heterocycles. The summed E-state index contributed by atoms with van der Waals surface area (Å²) in [6.45, 7) is 4.31. The molecule has 0 amide bonds. The molecule has 0 unspecified atom stereocenters. The van der Waals surface area contributed by atoms with Crippen LogP contribution in [0.15, 0.2) is 12.4 Å². The second-order valence-electron chi connectivity index (χ2n) is 3.45. The molecule has 0 aliphatic rings.